The molecule has 0 bridgehead atoms. The monoisotopic (exact) mass is 261 g/mol. The molecule has 1 aromatic heterocycles. The Morgan fingerprint density at radius 2 is 2.26 bits per heavy atom. The van der Waals surface area contributed by atoms with E-state index in [2.05, 4.69) is 10.4 Å². The van der Waals surface area contributed by atoms with Gasteiger partial charge in [-0.05, 0) is 18.6 Å². The molecule has 1 amide bonds. The van der Waals surface area contributed by atoms with E-state index < -0.39 is 6.09 Å². The smallest absolute Gasteiger partial charge is 0.435 e. The predicted octanol–water partition coefficient (Wildman–Crippen LogP) is 2.39. The highest BCUT2D eigenvalue weighted by atomic mass is 16.6. The van der Waals surface area contributed by atoms with E-state index in [0.29, 0.717) is 29.7 Å². The van der Waals surface area contributed by atoms with Crippen LogP contribution in [0, 0.1) is 0 Å². The Morgan fingerprint density at radius 3 is 3.00 bits per heavy atom. The quantitative estimate of drug-likeness (QED) is 0.662. The van der Waals surface area contributed by atoms with E-state index >= 15 is 0 Å². The summed E-state index contributed by atoms with van der Waals surface area (Å²) >= 11 is 0. The van der Waals surface area contributed by atoms with Crippen molar-refractivity contribution in [2.45, 2.75) is 19.8 Å². The minimum atomic E-state index is -0.538. The number of benzene rings is 1. The number of nitrogens with one attached hydrogen (secondary N) is 1. The minimum Gasteiger partial charge on any atom is -0.448 e. The van der Waals surface area contributed by atoms with Crippen molar-refractivity contribution in [2.75, 3.05) is 11.9 Å². The number of unbranched alkanes of at least 4 members (excludes halogenated alkanes) is 1. The van der Waals surface area contributed by atoms with Crippen molar-refractivity contribution in [3.63, 3.8) is 0 Å². The third-order valence-electron chi connectivity index (χ3n) is 2.68. The highest BCUT2D eigenvalue weighted by molar-refractivity contribution is 5.98. The summed E-state index contributed by atoms with van der Waals surface area (Å²) < 4.78 is 6.28. The lowest BCUT2D eigenvalue weighted by atomic mass is 10.2. The number of para-hydroxylation sites is 1. The molecule has 1 heterocycles. The van der Waals surface area contributed by atoms with Gasteiger partial charge in [0.05, 0.1) is 12.1 Å². The van der Waals surface area contributed by atoms with E-state index in [4.69, 9.17) is 4.74 Å². The second-order valence-electron chi connectivity index (χ2n) is 4.01. The van der Waals surface area contributed by atoms with Gasteiger partial charge in [0.1, 0.15) is 0 Å². The first-order valence-electron chi connectivity index (χ1n) is 6.13. The molecule has 0 aliphatic rings. The lowest BCUT2D eigenvalue weighted by molar-refractivity contribution is -0.105. The Balaban J connectivity index is 2.32. The summed E-state index contributed by atoms with van der Waals surface area (Å²) in [5.41, 5.74) is 0.605. The van der Waals surface area contributed by atoms with Gasteiger partial charge in [0, 0.05) is 5.39 Å². The summed E-state index contributed by atoms with van der Waals surface area (Å²) in [5, 5.41) is 7.23. The zero-order valence-corrected chi connectivity index (χ0v) is 10.6. The first-order chi connectivity index (χ1) is 9.27. The van der Waals surface area contributed by atoms with Crippen LogP contribution >= 0.6 is 0 Å². The molecule has 6 nitrogen and oxygen atoms in total. The Bertz CT molecular complexity index is 592. The Morgan fingerprint density at radius 1 is 1.47 bits per heavy atom. The first-order valence-corrected chi connectivity index (χ1v) is 6.13. The van der Waals surface area contributed by atoms with Crippen molar-refractivity contribution >= 4 is 29.2 Å². The number of ether oxygens (including phenoxy) is 1. The van der Waals surface area contributed by atoms with Crippen LogP contribution in [0.3, 0.4) is 0 Å². The zero-order valence-electron chi connectivity index (χ0n) is 10.6. The van der Waals surface area contributed by atoms with Crippen LogP contribution in [0.15, 0.2) is 24.3 Å². The molecule has 0 aliphatic carbocycles. The lowest BCUT2D eigenvalue weighted by Gasteiger charge is -2.03. The standard InChI is InChI=1S/C13H15N3O3/c1-2-3-8-19-13(18)16-11-7-5-4-6-10(11)12(15-16)14-9-17/h4-7,9H,2-3,8H2,1H3,(H,14,15,17). The first kappa shape index (κ1) is 13.1. The molecule has 0 radical (unpaired) electrons. The third kappa shape index (κ3) is 2.73. The van der Waals surface area contributed by atoms with Crippen molar-refractivity contribution in [1.82, 2.24) is 9.78 Å². The number of hydrogen-bond acceptors (Lipinski definition) is 4. The molecule has 2 rings (SSSR count). The predicted molar refractivity (Wildman–Crippen MR) is 71.1 cm³/mol. The van der Waals surface area contributed by atoms with Gasteiger partial charge in [-0.2, -0.15) is 4.68 Å². The molecule has 0 atom stereocenters. The maximum absolute atomic E-state index is 11.9. The molecule has 1 N–H and O–H groups in total. The number of amides is 1. The van der Waals surface area contributed by atoms with Gasteiger partial charge in [0.2, 0.25) is 6.41 Å². The van der Waals surface area contributed by atoms with Crippen LogP contribution in [0.4, 0.5) is 10.6 Å². The summed E-state index contributed by atoms with van der Waals surface area (Å²) in [6, 6.07) is 7.14. The number of hydrogen-bond donors (Lipinski definition) is 1. The van der Waals surface area contributed by atoms with E-state index in [1.165, 1.54) is 0 Å². The van der Waals surface area contributed by atoms with E-state index in [9.17, 15) is 9.59 Å². The number of fused-ring (bicyclic) bond motifs is 1. The average Bonchev–Trinajstić information content (AvgIpc) is 2.79. The number of rotatable bonds is 5. The molecule has 2 aromatic rings. The van der Waals surface area contributed by atoms with Crippen LogP contribution in [0.2, 0.25) is 0 Å². The fourth-order valence-corrected chi connectivity index (χ4v) is 1.73. The van der Waals surface area contributed by atoms with Gasteiger partial charge in [-0.15, -0.1) is 5.10 Å². The zero-order chi connectivity index (χ0) is 13.7. The highest BCUT2D eigenvalue weighted by Gasteiger charge is 2.15. The van der Waals surface area contributed by atoms with E-state index in [-0.39, 0.29) is 0 Å². The molecule has 0 spiro atoms. The molecule has 0 fully saturated rings. The van der Waals surface area contributed by atoms with E-state index in [1.54, 1.807) is 18.2 Å². The number of carbonyl (C=O) groups is 2. The Hall–Kier alpha value is -2.37. The van der Waals surface area contributed by atoms with Crippen molar-refractivity contribution in [3.8, 4) is 0 Å². The molecule has 19 heavy (non-hydrogen) atoms. The number of nitrogens with zero attached hydrogens (tertiary/aromatic N) is 2. The molecule has 0 saturated carbocycles. The molecule has 0 saturated heterocycles. The summed E-state index contributed by atoms with van der Waals surface area (Å²) in [6.45, 7) is 2.38. The van der Waals surface area contributed by atoms with Crippen molar-refractivity contribution < 1.29 is 14.3 Å². The second kappa shape index (κ2) is 5.99. The average molecular weight is 261 g/mol. The van der Waals surface area contributed by atoms with Gasteiger partial charge in [0.15, 0.2) is 5.82 Å². The molecule has 0 aliphatic heterocycles. The molecule has 0 unspecified atom stereocenters. The van der Waals surface area contributed by atoms with Crippen LogP contribution in [-0.4, -0.2) is 28.9 Å². The largest absolute Gasteiger partial charge is 0.448 e. The van der Waals surface area contributed by atoms with Crippen LogP contribution in [0.1, 0.15) is 19.8 Å². The van der Waals surface area contributed by atoms with Crippen LogP contribution in [-0.2, 0) is 9.53 Å². The van der Waals surface area contributed by atoms with Gasteiger partial charge >= 0.3 is 6.09 Å². The lowest BCUT2D eigenvalue weighted by Crippen LogP contribution is -2.16. The minimum absolute atomic E-state index is 0.345. The fraction of sp³-hybridized carbons (Fsp3) is 0.308. The normalized spacial score (nSPS) is 10.4. The van der Waals surface area contributed by atoms with Crippen LogP contribution in [0.5, 0.6) is 0 Å². The Kier molecular flexibility index (Phi) is 4.12. The molecular weight excluding hydrogens is 246 g/mol. The fourth-order valence-electron chi connectivity index (χ4n) is 1.73. The summed E-state index contributed by atoms with van der Waals surface area (Å²) in [4.78, 5) is 22.4. The number of anilines is 1. The SMILES string of the molecule is CCCCOC(=O)n1nc(NC=O)c2ccccc21. The molecule has 1 aromatic carbocycles. The number of aromatic nitrogens is 2. The third-order valence-corrected chi connectivity index (χ3v) is 2.68. The van der Waals surface area contributed by atoms with Crippen molar-refractivity contribution in [3.05, 3.63) is 24.3 Å². The molecule has 6 heteroatoms. The van der Waals surface area contributed by atoms with Gasteiger partial charge < -0.3 is 10.1 Å². The maximum Gasteiger partial charge on any atom is 0.435 e. The highest BCUT2D eigenvalue weighted by Crippen LogP contribution is 2.22. The van der Waals surface area contributed by atoms with E-state index in [1.807, 2.05) is 13.0 Å². The summed E-state index contributed by atoms with van der Waals surface area (Å²) in [6.07, 6.45) is 1.75. The van der Waals surface area contributed by atoms with Gasteiger partial charge in [-0.25, -0.2) is 4.79 Å². The van der Waals surface area contributed by atoms with Crippen LogP contribution in [0.25, 0.3) is 10.9 Å². The van der Waals surface area contributed by atoms with Crippen LogP contribution < -0.4 is 5.32 Å². The van der Waals surface area contributed by atoms with Crippen molar-refractivity contribution in [1.29, 1.82) is 0 Å². The van der Waals surface area contributed by atoms with Gasteiger partial charge in [0.25, 0.3) is 0 Å². The molecule has 100 valence electrons. The van der Waals surface area contributed by atoms with E-state index in [0.717, 1.165) is 17.5 Å². The summed E-state index contributed by atoms with van der Waals surface area (Å²) in [7, 11) is 0. The second-order valence-corrected chi connectivity index (χ2v) is 4.01. The summed E-state index contributed by atoms with van der Waals surface area (Å²) in [5.74, 6) is 0.345. The maximum atomic E-state index is 11.9. The topological polar surface area (TPSA) is 73.2 Å². The number of carbonyl (C=O) groups excluding carboxylic acids is 2. The van der Waals surface area contributed by atoms with Gasteiger partial charge in [-0.1, -0.05) is 25.5 Å². The van der Waals surface area contributed by atoms with Gasteiger partial charge in [-0.3, -0.25) is 4.79 Å². The molecular formula is C13H15N3O3. The van der Waals surface area contributed by atoms with Crippen molar-refractivity contribution in [2.24, 2.45) is 0 Å². The Labute approximate surface area is 110 Å².